The van der Waals surface area contributed by atoms with Gasteiger partial charge in [-0.15, -0.1) is 0 Å². The lowest BCUT2D eigenvalue weighted by atomic mass is 9.96. The topological polar surface area (TPSA) is 38.0 Å². The Morgan fingerprint density at radius 3 is 2.70 bits per heavy atom. The van der Waals surface area contributed by atoms with Crippen LogP contribution in [0.2, 0.25) is 0 Å². The average molecular weight is 272 g/mol. The van der Waals surface area contributed by atoms with Crippen LogP contribution < -0.4 is 0 Å². The second kappa shape index (κ2) is 6.23. The third-order valence-electron chi connectivity index (χ3n) is 3.48. The van der Waals surface area contributed by atoms with Crippen molar-refractivity contribution in [2.45, 2.75) is 39.7 Å². The molecule has 0 radical (unpaired) electrons. The number of aliphatic hydroxyl groups is 1. The van der Waals surface area contributed by atoms with Gasteiger partial charge in [-0.2, -0.15) is 5.10 Å². The molecule has 20 heavy (non-hydrogen) atoms. The summed E-state index contributed by atoms with van der Waals surface area (Å²) >= 11 is 0. The predicted octanol–water partition coefficient (Wildman–Crippen LogP) is 3.26. The molecule has 3 nitrogen and oxygen atoms in total. The number of rotatable bonds is 5. The molecule has 0 aliphatic heterocycles. The van der Waals surface area contributed by atoms with Crippen molar-refractivity contribution in [3.05, 3.63) is 52.8 Å². The fourth-order valence-electron chi connectivity index (χ4n) is 2.60. The predicted molar refractivity (Wildman–Crippen MR) is 81.6 cm³/mol. The minimum Gasteiger partial charge on any atom is -0.384 e. The Balaban J connectivity index is 2.30. The molecule has 1 N–H and O–H groups in total. The van der Waals surface area contributed by atoms with Crippen LogP contribution in [0.4, 0.5) is 0 Å². The number of hydrogen-bond donors (Lipinski definition) is 1. The van der Waals surface area contributed by atoms with Crippen molar-refractivity contribution in [1.82, 2.24) is 9.78 Å². The summed E-state index contributed by atoms with van der Waals surface area (Å²) in [5, 5.41) is 15.0. The first kappa shape index (κ1) is 14.8. The van der Waals surface area contributed by atoms with Crippen LogP contribution in [0.3, 0.4) is 0 Å². The molecule has 1 atom stereocenters. The minimum atomic E-state index is -0.592. The summed E-state index contributed by atoms with van der Waals surface area (Å²) in [5.74, 6) is 0.618. The van der Waals surface area contributed by atoms with Gasteiger partial charge in [-0.25, -0.2) is 0 Å². The molecule has 1 aromatic heterocycles. The SMILES string of the molecule is CCc1nn(C)cc1C(O)c1cccc(CC(C)C)c1. The van der Waals surface area contributed by atoms with E-state index in [-0.39, 0.29) is 0 Å². The van der Waals surface area contributed by atoms with Crippen LogP contribution in [0.15, 0.2) is 30.5 Å². The summed E-state index contributed by atoms with van der Waals surface area (Å²) in [6, 6.07) is 8.25. The van der Waals surface area contributed by atoms with Gasteiger partial charge in [0.15, 0.2) is 0 Å². The van der Waals surface area contributed by atoms with E-state index in [1.807, 2.05) is 25.4 Å². The molecule has 0 fully saturated rings. The third-order valence-corrected chi connectivity index (χ3v) is 3.48. The van der Waals surface area contributed by atoms with Gasteiger partial charge in [0, 0.05) is 18.8 Å². The van der Waals surface area contributed by atoms with E-state index in [2.05, 4.69) is 38.0 Å². The lowest BCUT2D eigenvalue weighted by Crippen LogP contribution is -2.03. The van der Waals surface area contributed by atoms with Crippen molar-refractivity contribution < 1.29 is 5.11 Å². The molecule has 0 aliphatic rings. The minimum absolute atomic E-state index is 0.592. The number of aliphatic hydroxyl groups excluding tert-OH is 1. The second-order valence-electron chi connectivity index (χ2n) is 5.80. The zero-order valence-corrected chi connectivity index (χ0v) is 12.8. The molecule has 1 aromatic carbocycles. The van der Waals surface area contributed by atoms with Gasteiger partial charge in [0.1, 0.15) is 6.10 Å². The largest absolute Gasteiger partial charge is 0.384 e. The molecule has 0 bridgehead atoms. The lowest BCUT2D eigenvalue weighted by molar-refractivity contribution is 0.219. The molecule has 3 heteroatoms. The van der Waals surface area contributed by atoms with E-state index in [1.165, 1.54) is 5.56 Å². The van der Waals surface area contributed by atoms with Crippen molar-refractivity contribution in [3.8, 4) is 0 Å². The smallest absolute Gasteiger partial charge is 0.107 e. The number of aryl methyl sites for hydroxylation is 2. The first-order valence-corrected chi connectivity index (χ1v) is 7.30. The third kappa shape index (κ3) is 3.28. The molecular weight excluding hydrogens is 248 g/mol. The molecule has 0 amide bonds. The maximum atomic E-state index is 10.6. The highest BCUT2D eigenvalue weighted by molar-refractivity contribution is 5.34. The van der Waals surface area contributed by atoms with E-state index in [4.69, 9.17) is 0 Å². The van der Waals surface area contributed by atoms with Crippen molar-refractivity contribution in [1.29, 1.82) is 0 Å². The zero-order valence-electron chi connectivity index (χ0n) is 12.8. The second-order valence-corrected chi connectivity index (χ2v) is 5.80. The highest BCUT2D eigenvalue weighted by atomic mass is 16.3. The Bertz CT molecular complexity index is 572. The van der Waals surface area contributed by atoms with Gasteiger partial charge in [-0.3, -0.25) is 4.68 Å². The Hall–Kier alpha value is -1.61. The molecular formula is C17H24N2O. The van der Waals surface area contributed by atoms with E-state index in [0.29, 0.717) is 5.92 Å². The van der Waals surface area contributed by atoms with E-state index >= 15 is 0 Å². The lowest BCUT2D eigenvalue weighted by Gasteiger charge is -2.13. The van der Waals surface area contributed by atoms with E-state index < -0.39 is 6.10 Å². The molecule has 1 unspecified atom stereocenters. The van der Waals surface area contributed by atoms with Crippen LogP contribution >= 0.6 is 0 Å². The average Bonchev–Trinajstić information content (AvgIpc) is 2.78. The summed E-state index contributed by atoms with van der Waals surface area (Å²) in [6.07, 6.45) is 3.19. The fourth-order valence-corrected chi connectivity index (χ4v) is 2.60. The van der Waals surface area contributed by atoms with Crippen molar-refractivity contribution in [3.63, 3.8) is 0 Å². The van der Waals surface area contributed by atoms with Crippen molar-refractivity contribution >= 4 is 0 Å². The Kier molecular flexibility index (Phi) is 4.61. The van der Waals surface area contributed by atoms with Crippen molar-refractivity contribution in [2.24, 2.45) is 13.0 Å². The fraction of sp³-hybridized carbons (Fsp3) is 0.471. The van der Waals surface area contributed by atoms with Gasteiger partial charge >= 0.3 is 0 Å². The quantitative estimate of drug-likeness (QED) is 0.907. The molecule has 0 aliphatic carbocycles. The van der Waals surface area contributed by atoms with Gasteiger partial charge in [0.2, 0.25) is 0 Å². The molecule has 0 saturated carbocycles. The molecule has 2 aromatic rings. The summed E-state index contributed by atoms with van der Waals surface area (Å²) in [4.78, 5) is 0. The maximum Gasteiger partial charge on any atom is 0.107 e. The van der Waals surface area contributed by atoms with Gasteiger partial charge in [0.25, 0.3) is 0 Å². The maximum absolute atomic E-state index is 10.6. The van der Waals surface area contributed by atoms with Gasteiger partial charge < -0.3 is 5.11 Å². The van der Waals surface area contributed by atoms with Crippen molar-refractivity contribution in [2.75, 3.05) is 0 Å². The van der Waals surface area contributed by atoms with Gasteiger partial charge in [-0.05, 0) is 29.9 Å². The summed E-state index contributed by atoms with van der Waals surface area (Å²) in [5.41, 5.74) is 4.11. The Morgan fingerprint density at radius 2 is 2.05 bits per heavy atom. The summed E-state index contributed by atoms with van der Waals surface area (Å²) in [7, 11) is 1.89. The Morgan fingerprint density at radius 1 is 1.30 bits per heavy atom. The molecule has 108 valence electrons. The first-order chi connectivity index (χ1) is 9.51. The highest BCUT2D eigenvalue weighted by Crippen LogP contribution is 2.26. The van der Waals surface area contributed by atoms with Gasteiger partial charge in [0.05, 0.1) is 5.69 Å². The van der Waals surface area contributed by atoms with Crippen LogP contribution in [0.1, 0.15) is 49.3 Å². The Labute approximate surface area is 121 Å². The number of aromatic nitrogens is 2. The van der Waals surface area contributed by atoms with Crippen LogP contribution in [0, 0.1) is 5.92 Å². The van der Waals surface area contributed by atoms with Crippen LogP contribution in [0.5, 0.6) is 0 Å². The van der Waals surface area contributed by atoms with Crippen LogP contribution in [-0.2, 0) is 19.9 Å². The molecule has 2 rings (SSSR count). The van der Waals surface area contributed by atoms with Crippen LogP contribution in [0.25, 0.3) is 0 Å². The normalized spacial score (nSPS) is 12.9. The number of hydrogen-bond acceptors (Lipinski definition) is 2. The summed E-state index contributed by atoms with van der Waals surface area (Å²) < 4.78 is 1.77. The van der Waals surface area contributed by atoms with Crippen LogP contribution in [-0.4, -0.2) is 14.9 Å². The van der Waals surface area contributed by atoms with Gasteiger partial charge in [-0.1, -0.05) is 45.0 Å². The number of benzene rings is 1. The zero-order chi connectivity index (χ0) is 14.7. The highest BCUT2D eigenvalue weighted by Gasteiger charge is 2.17. The van der Waals surface area contributed by atoms with E-state index in [0.717, 1.165) is 29.7 Å². The van der Waals surface area contributed by atoms with E-state index in [1.54, 1.807) is 4.68 Å². The standard InChI is InChI=1S/C17H24N2O/c1-5-16-15(11-19(4)18-16)17(20)14-8-6-7-13(10-14)9-12(2)3/h6-8,10-12,17,20H,5,9H2,1-4H3. The first-order valence-electron chi connectivity index (χ1n) is 7.30. The monoisotopic (exact) mass is 272 g/mol. The summed E-state index contributed by atoms with van der Waals surface area (Å²) in [6.45, 7) is 6.48. The van der Waals surface area contributed by atoms with E-state index in [9.17, 15) is 5.11 Å². The molecule has 0 spiro atoms. The molecule has 1 heterocycles. The molecule has 0 saturated heterocycles. The number of nitrogens with zero attached hydrogens (tertiary/aromatic N) is 2.